The van der Waals surface area contributed by atoms with Crippen LogP contribution >= 0.6 is 11.3 Å². The molecule has 19 heavy (non-hydrogen) atoms. The molecule has 0 bridgehead atoms. The van der Waals surface area contributed by atoms with Crippen molar-refractivity contribution in [3.8, 4) is 0 Å². The van der Waals surface area contributed by atoms with Crippen molar-refractivity contribution < 1.29 is 4.79 Å². The third-order valence-corrected chi connectivity index (χ3v) is 4.81. The predicted octanol–water partition coefficient (Wildman–Crippen LogP) is 1.81. The summed E-state index contributed by atoms with van der Waals surface area (Å²) in [5.74, 6) is 0.868. The number of thiazole rings is 1. The third-order valence-electron chi connectivity index (χ3n) is 3.68. The Labute approximate surface area is 119 Å². The lowest BCUT2D eigenvalue weighted by Crippen LogP contribution is -2.26. The quantitative estimate of drug-likeness (QED) is 0.836. The Balaban J connectivity index is 1.60. The van der Waals surface area contributed by atoms with Crippen molar-refractivity contribution in [2.75, 3.05) is 19.6 Å². The Morgan fingerprint density at radius 1 is 1.53 bits per heavy atom. The van der Waals surface area contributed by atoms with Crippen molar-refractivity contribution in [1.82, 2.24) is 15.6 Å². The lowest BCUT2D eigenvalue weighted by Gasteiger charge is -2.08. The van der Waals surface area contributed by atoms with Crippen LogP contribution in [0.2, 0.25) is 0 Å². The van der Waals surface area contributed by atoms with E-state index in [-0.39, 0.29) is 5.91 Å². The summed E-state index contributed by atoms with van der Waals surface area (Å²) in [4.78, 5) is 17.5. The summed E-state index contributed by atoms with van der Waals surface area (Å²) in [5.41, 5.74) is 1.11. The van der Waals surface area contributed by atoms with Gasteiger partial charge < -0.3 is 10.6 Å². The molecule has 0 radical (unpaired) electrons. The summed E-state index contributed by atoms with van der Waals surface area (Å²) < 4.78 is 0. The minimum atomic E-state index is 0.178. The molecule has 1 aliphatic rings. The maximum Gasteiger partial charge on any atom is 0.220 e. The average Bonchev–Trinajstić information content (AvgIpc) is 2.98. The molecule has 1 saturated heterocycles. The minimum Gasteiger partial charge on any atom is -0.356 e. The van der Waals surface area contributed by atoms with E-state index in [2.05, 4.69) is 22.5 Å². The van der Waals surface area contributed by atoms with Gasteiger partial charge in [-0.2, -0.15) is 0 Å². The summed E-state index contributed by atoms with van der Waals surface area (Å²) in [5, 5.41) is 7.44. The van der Waals surface area contributed by atoms with Gasteiger partial charge in [0.1, 0.15) is 0 Å². The minimum absolute atomic E-state index is 0.178. The number of rotatable bonds is 6. The van der Waals surface area contributed by atoms with E-state index in [1.54, 1.807) is 11.3 Å². The summed E-state index contributed by atoms with van der Waals surface area (Å²) in [6, 6.07) is 0. The zero-order chi connectivity index (χ0) is 13.7. The lowest BCUT2D eigenvalue weighted by molar-refractivity contribution is -0.121. The Hall–Kier alpha value is -0.940. The standard InChI is InChI=1S/C14H23N3OS/c1-10-11(2)19-14(17-10)6-8-16-13(18)4-3-12-5-7-15-9-12/h12,15H,3-9H2,1-2H3,(H,16,18). The number of aryl methyl sites for hydroxylation is 2. The van der Waals surface area contributed by atoms with E-state index in [0.717, 1.165) is 36.6 Å². The number of amides is 1. The van der Waals surface area contributed by atoms with Gasteiger partial charge in [0, 0.05) is 24.3 Å². The molecule has 1 aromatic heterocycles. The van der Waals surface area contributed by atoms with Gasteiger partial charge in [0.25, 0.3) is 0 Å². The smallest absolute Gasteiger partial charge is 0.220 e. The van der Waals surface area contributed by atoms with Crippen LogP contribution in [0, 0.1) is 19.8 Å². The second-order valence-electron chi connectivity index (χ2n) is 5.25. The molecule has 2 heterocycles. The van der Waals surface area contributed by atoms with Crippen LogP contribution in [0.4, 0.5) is 0 Å². The van der Waals surface area contributed by atoms with Crippen molar-refractivity contribution >= 4 is 17.2 Å². The number of hydrogen-bond donors (Lipinski definition) is 2. The highest BCUT2D eigenvalue weighted by Gasteiger charge is 2.15. The van der Waals surface area contributed by atoms with Gasteiger partial charge in [-0.25, -0.2) is 4.98 Å². The van der Waals surface area contributed by atoms with E-state index in [0.29, 0.717) is 18.9 Å². The Kier molecular flexibility index (Phi) is 5.34. The molecule has 0 aliphatic carbocycles. The van der Waals surface area contributed by atoms with Crippen LogP contribution in [-0.2, 0) is 11.2 Å². The van der Waals surface area contributed by atoms with E-state index in [1.165, 1.54) is 11.3 Å². The third kappa shape index (κ3) is 4.58. The van der Waals surface area contributed by atoms with Crippen LogP contribution in [0.25, 0.3) is 0 Å². The molecule has 5 heteroatoms. The number of carbonyl (C=O) groups is 1. The number of carbonyl (C=O) groups excluding carboxylic acids is 1. The van der Waals surface area contributed by atoms with Gasteiger partial charge in [-0.1, -0.05) is 0 Å². The van der Waals surface area contributed by atoms with Gasteiger partial charge in [-0.15, -0.1) is 11.3 Å². The summed E-state index contributed by atoms with van der Waals surface area (Å²) in [6.45, 7) is 7.00. The molecular weight excluding hydrogens is 258 g/mol. The molecule has 1 aromatic rings. The maximum atomic E-state index is 11.7. The van der Waals surface area contributed by atoms with Crippen LogP contribution in [0.1, 0.15) is 34.8 Å². The number of nitrogens with one attached hydrogen (secondary N) is 2. The first kappa shape index (κ1) is 14.5. The fourth-order valence-corrected chi connectivity index (χ4v) is 3.27. The van der Waals surface area contributed by atoms with Crippen molar-refractivity contribution in [3.63, 3.8) is 0 Å². The van der Waals surface area contributed by atoms with Crippen LogP contribution in [0.3, 0.4) is 0 Å². The van der Waals surface area contributed by atoms with Crippen molar-refractivity contribution in [2.45, 2.75) is 39.5 Å². The van der Waals surface area contributed by atoms with Crippen LogP contribution < -0.4 is 10.6 Å². The van der Waals surface area contributed by atoms with Gasteiger partial charge in [-0.3, -0.25) is 4.79 Å². The van der Waals surface area contributed by atoms with Crippen molar-refractivity contribution in [2.24, 2.45) is 5.92 Å². The molecule has 0 saturated carbocycles. The van der Waals surface area contributed by atoms with Gasteiger partial charge in [0.15, 0.2) is 0 Å². The Morgan fingerprint density at radius 2 is 2.37 bits per heavy atom. The molecule has 1 unspecified atom stereocenters. The average molecular weight is 281 g/mol. The van der Waals surface area contributed by atoms with Gasteiger partial charge in [-0.05, 0) is 45.7 Å². The van der Waals surface area contributed by atoms with E-state index in [9.17, 15) is 4.79 Å². The molecular formula is C14H23N3OS. The number of nitrogens with zero attached hydrogens (tertiary/aromatic N) is 1. The topological polar surface area (TPSA) is 54.0 Å². The first-order chi connectivity index (χ1) is 9.15. The van der Waals surface area contributed by atoms with E-state index >= 15 is 0 Å². The highest BCUT2D eigenvalue weighted by molar-refractivity contribution is 7.11. The summed E-state index contributed by atoms with van der Waals surface area (Å²) in [6.07, 6.45) is 3.72. The lowest BCUT2D eigenvalue weighted by atomic mass is 10.0. The molecule has 1 atom stereocenters. The van der Waals surface area contributed by atoms with E-state index in [1.807, 2.05) is 6.92 Å². The fourth-order valence-electron chi connectivity index (χ4n) is 2.34. The molecule has 2 N–H and O–H groups in total. The monoisotopic (exact) mass is 281 g/mol. The first-order valence-electron chi connectivity index (χ1n) is 7.05. The van der Waals surface area contributed by atoms with Crippen LogP contribution in [0.5, 0.6) is 0 Å². The second-order valence-corrected chi connectivity index (χ2v) is 6.53. The highest BCUT2D eigenvalue weighted by atomic mass is 32.1. The summed E-state index contributed by atoms with van der Waals surface area (Å²) >= 11 is 1.73. The van der Waals surface area contributed by atoms with Crippen LogP contribution in [0.15, 0.2) is 0 Å². The predicted molar refractivity (Wildman–Crippen MR) is 78.5 cm³/mol. The van der Waals surface area contributed by atoms with Crippen molar-refractivity contribution in [1.29, 1.82) is 0 Å². The van der Waals surface area contributed by atoms with Crippen LogP contribution in [-0.4, -0.2) is 30.5 Å². The van der Waals surface area contributed by atoms with E-state index < -0.39 is 0 Å². The Morgan fingerprint density at radius 3 is 3.00 bits per heavy atom. The Bertz CT molecular complexity index is 405. The molecule has 0 spiro atoms. The van der Waals surface area contributed by atoms with Gasteiger partial charge in [0.2, 0.25) is 5.91 Å². The molecule has 1 aliphatic heterocycles. The zero-order valence-corrected chi connectivity index (χ0v) is 12.6. The number of aromatic nitrogens is 1. The second kappa shape index (κ2) is 7.01. The van der Waals surface area contributed by atoms with E-state index in [4.69, 9.17) is 0 Å². The molecule has 4 nitrogen and oxygen atoms in total. The fraction of sp³-hybridized carbons (Fsp3) is 0.714. The molecule has 2 rings (SSSR count). The molecule has 0 aromatic carbocycles. The molecule has 1 amide bonds. The largest absolute Gasteiger partial charge is 0.356 e. The zero-order valence-electron chi connectivity index (χ0n) is 11.8. The molecule has 1 fully saturated rings. The van der Waals surface area contributed by atoms with Crippen molar-refractivity contribution in [3.05, 3.63) is 15.6 Å². The van der Waals surface area contributed by atoms with Gasteiger partial charge >= 0.3 is 0 Å². The SMILES string of the molecule is Cc1nc(CCNC(=O)CCC2CCNC2)sc1C. The maximum absolute atomic E-state index is 11.7. The normalized spacial score (nSPS) is 18.7. The summed E-state index contributed by atoms with van der Waals surface area (Å²) in [7, 11) is 0. The number of hydrogen-bond acceptors (Lipinski definition) is 4. The van der Waals surface area contributed by atoms with Gasteiger partial charge in [0.05, 0.1) is 10.7 Å². The first-order valence-corrected chi connectivity index (χ1v) is 7.87. The highest BCUT2D eigenvalue weighted by Crippen LogP contribution is 2.16. The molecule has 106 valence electrons.